The van der Waals surface area contributed by atoms with Crippen molar-refractivity contribution in [2.24, 2.45) is 0 Å². The van der Waals surface area contributed by atoms with Crippen LogP contribution in [0.25, 0.3) is 0 Å². The number of rotatable bonds is 2. The molecular formula is C6H10O2P+. The van der Waals surface area contributed by atoms with Crippen LogP contribution in [0.5, 0.6) is 0 Å². The third kappa shape index (κ3) is 4.07. The van der Waals surface area contributed by atoms with Crippen molar-refractivity contribution in [3.05, 3.63) is 23.5 Å². The molecule has 0 aliphatic heterocycles. The van der Waals surface area contributed by atoms with E-state index < -0.39 is 8.03 Å². The molecule has 1 atom stereocenters. The highest BCUT2D eigenvalue weighted by molar-refractivity contribution is 7.43. The van der Waals surface area contributed by atoms with Gasteiger partial charge in [-0.25, -0.2) is 0 Å². The molecule has 0 aromatic rings. The van der Waals surface area contributed by atoms with Crippen molar-refractivity contribution in [2.45, 2.75) is 13.8 Å². The van der Waals surface area contributed by atoms with Crippen LogP contribution in [0.15, 0.2) is 23.5 Å². The molecule has 0 heterocycles. The Kier molecular flexibility index (Phi) is 3.36. The van der Waals surface area contributed by atoms with Crippen LogP contribution in [0.3, 0.4) is 0 Å². The third-order valence-electron chi connectivity index (χ3n) is 0.757. The van der Waals surface area contributed by atoms with E-state index in [9.17, 15) is 4.57 Å². The minimum atomic E-state index is -2.14. The van der Waals surface area contributed by atoms with Crippen molar-refractivity contribution >= 4 is 8.03 Å². The molecule has 0 aliphatic carbocycles. The zero-order chi connectivity index (χ0) is 7.44. The Morgan fingerprint density at radius 1 is 1.67 bits per heavy atom. The molecule has 0 aromatic carbocycles. The van der Waals surface area contributed by atoms with Gasteiger partial charge >= 0.3 is 8.03 Å². The van der Waals surface area contributed by atoms with E-state index in [0.717, 1.165) is 5.57 Å². The average molecular weight is 145 g/mol. The van der Waals surface area contributed by atoms with Crippen LogP contribution in [0.1, 0.15) is 13.8 Å². The van der Waals surface area contributed by atoms with Gasteiger partial charge in [0.1, 0.15) is 0 Å². The summed E-state index contributed by atoms with van der Waals surface area (Å²) in [5.41, 5.74) is 0.796. The van der Waals surface area contributed by atoms with Crippen molar-refractivity contribution in [3.63, 3.8) is 0 Å². The van der Waals surface area contributed by atoms with Crippen LogP contribution in [-0.2, 0) is 4.57 Å². The van der Waals surface area contributed by atoms with Gasteiger partial charge in [0.05, 0.1) is 0 Å². The van der Waals surface area contributed by atoms with Gasteiger partial charge in [-0.2, -0.15) is 4.89 Å². The monoisotopic (exact) mass is 145 g/mol. The molecule has 0 aromatic heterocycles. The van der Waals surface area contributed by atoms with Gasteiger partial charge in [0.2, 0.25) is 0 Å². The molecule has 9 heavy (non-hydrogen) atoms. The Balaban J connectivity index is 4.17. The summed E-state index contributed by atoms with van der Waals surface area (Å²) in [5.74, 6) is 0. The molecule has 0 aliphatic rings. The maximum Gasteiger partial charge on any atom is 0.541 e. The molecule has 1 N–H and O–H groups in total. The van der Waals surface area contributed by atoms with Gasteiger partial charge in [0.25, 0.3) is 0 Å². The topological polar surface area (TPSA) is 37.3 Å². The van der Waals surface area contributed by atoms with Gasteiger partial charge in [0.15, 0.2) is 5.31 Å². The second-order valence-electron chi connectivity index (χ2n) is 1.91. The highest BCUT2D eigenvalue weighted by Crippen LogP contribution is 2.26. The van der Waals surface area contributed by atoms with Gasteiger partial charge in [0, 0.05) is 6.92 Å². The van der Waals surface area contributed by atoms with E-state index in [1.54, 1.807) is 19.9 Å². The van der Waals surface area contributed by atoms with Crippen molar-refractivity contribution in [1.29, 1.82) is 0 Å². The number of hydrogen-bond acceptors (Lipinski definition) is 1. The van der Waals surface area contributed by atoms with Crippen LogP contribution in [-0.4, -0.2) is 4.89 Å². The van der Waals surface area contributed by atoms with Gasteiger partial charge < -0.3 is 0 Å². The lowest BCUT2D eigenvalue weighted by molar-refractivity contribution is 0.509. The molecule has 0 amide bonds. The van der Waals surface area contributed by atoms with E-state index in [2.05, 4.69) is 6.58 Å². The summed E-state index contributed by atoms with van der Waals surface area (Å²) in [6.07, 6.45) is 1.60. The molecular weight excluding hydrogens is 135 g/mol. The van der Waals surface area contributed by atoms with Crippen molar-refractivity contribution in [1.82, 2.24) is 0 Å². The van der Waals surface area contributed by atoms with E-state index >= 15 is 0 Å². The minimum absolute atomic E-state index is 0.470. The number of hydrogen-bond donors (Lipinski definition) is 1. The predicted octanol–water partition coefficient (Wildman–Crippen LogP) is 2.20. The molecule has 2 nitrogen and oxygen atoms in total. The van der Waals surface area contributed by atoms with Crippen LogP contribution >= 0.6 is 8.03 Å². The van der Waals surface area contributed by atoms with E-state index in [0.29, 0.717) is 5.31 Å². The van der Waals surface area contributed by atoms with Gasteiger partial charge in [-0.3, -0.25) is 0 Å². The first-order chi connectivity index (χ1) is 4.04. The lowest BCUT2D eigenvalue weighted by atomic mass is 10.3. The Labute approximate surface area is 55.8 Å². The summed E-state index contributed by atoms with van der Waals surface area (Å²) in [4.78, 5) is 8.47. The summed E-state index contributed by atoms with van der Waals surface area (Å²) in [7, 11) is -2.14. The molecule has 0 fully saturated rings. The molecule has 0 saturated heterocycles. The first-order valence-corrected chi connectivity index (χ1v) is 3.75. The van der Waals surface area contributed by atoms with Crippen LogP contribution in [0.2, 0.25) is 0 Å². The first kappa shape index (κ1) is 8.54. The molecule has 0 rings (SSSR count). The normalized spacial score (nSPS) is 13.2. The summed E-state index contributed by atoms with van der Waals surface area (Å²) >= 11 is 0. The van der Waals surface area contributed by atoms with E-state index in [1.165, 1.54) is 0 Å². The fourth-order valence-electron chi connectivity index (χ4n) is 0.412. The van der Waals surface area contributed by atoms with Gasteiger partial charge in [-0.05, 0) is 17.6 Å². The zero-order valence-corrected chi connectivity index (χ0v) is 6.48. The number of allylic oxidation sites excluding steroid dienone is 3. The molecule has 0 bridgehead atoms. The largest absolute Gasteiger partial charge is 0.541 e. The minimum Gasteiger partial charge on any atom is -0.156 e. The van der Waals surface area contributed by atoms with E-state index in [1.807, 2.05) is 0 Å². The molecule has 0 saturated carbocycles. The van der Waals surface area contributed by atoms with E-state index in [-0.39, 0.29) is 0 Å². The van der Waals surface area contributed by atoms with Crippen molar-refractivity contribution in [2.75, 3.05) is 0 Å². The van der Waals surface area contributed by atoms with Crippen LogP contribution in [0, 0.1) is 0 Å². The summed E-state index contributed by atoms with van der Waals surface area (Å²) in [5, 5.41) is 0.470. The maximum absolute atomic E-state index is 10.3. The lowest BCUT2D eigenvalue weighted by Gasteiger charge is -1.80. The Bertz CT molecular complexity index is 170. The summed E-state index contributed by atoms with van der Waals surface area (Å²) in [6, 6.07) is 0. The second kappa shape index (κ2) is 3.54. The predicted molar refractivity (Wildman–Crippen MR) is 38.4 cm³/mol. The Hall–Kier alpha value is -0.460. The maximum atomic E-state index is 10.3. The fourth-order valence-corrected chi connectivity index (χ4v) is 0.743. The smallest absolute Gasteiger partial charge is 0.156 e. The van der Waals surface area contributed by atoms with Crippen LogP contribution < -0.4 is 0 Å². The van der Waals surface area contributed by atoms with E-state index in [4.69, 9.17) is 4.89 Å². The second-order valence-corrected chi connectivity index (χ2v) is 3.16. The summed E-state index contributed by atoms with van der Waals surface area (Å²) < 4.78 is 10.3. The van der Waals surface area contributed by atoms with Gasteiger partial charge in [-0.1, -0.05) is 12.2 Å². The SMILES string of the molecule is C=C(C)/C=C(\C)[P+](=O)O. The summed E-state index contributed by atoms with van der Waals surface area (Å²) in [6.45, 7) is 6.95. The molecule has 0 radical (unpaired) electrons. The zero-order valence-electron chi connectivity index (χ0n) is 5.59. The average Bonchev–Trinajstić information content (AvgIpc) is 1.63. The lowest BCUT2D eigenvalue weighted by Crippen LogP contribution is -1.67. The molecule has 0 spiro atoms. The van der Waals surface area contributed by atoms with Crippen molar-refractivity contribution in [3.8, 4) is 0 Å². The first-order valence-electron chi connectivity index (χ1n) is 2.54. The Morgan fingerprint density at radius 3 is 2.22 bits per heavy atom. The van der Waals surface area contributed by atoms with Crippen LogP contribution in [0.4, 0.5) is 0 Å². The third-order valence-corrected chi connectivity index (χ3v) is 1.49. The molecule has 50 valence electrons. The van der Waals surface area contributed by atoms with Crippen molar-refractivity contribution < 1.29 is 9.46 Å². The Morgan fingerprint density at radius 2 is 2.11 bits per heavy atom. The standard InChI is InChI=1S/C6H9O2P/c1-5(2)4-6(3)9(7)8/h4H,1H2,2-3H3/p+1/b6-4+. The fraction of sp³-hybridized carbons (Fsp3) is 0.333. The molecule has 1 unspecified atom stereocenters. The quantitative estimate of drug-likeness (QED) is 0.477. The van der Waals surface area contributed by atoms with Gasteiger partial charge in [-0.15, -0.1) is 0 Å². The highest BCUT2D eigenvalue weighted by atomic mass is 31.1. The highest BCUT2D eigenvalue weighted by Gasteiger charge is 2.12. The molecule has 3 heteroatoms.